The predicted octanol–water partition coefficient (Wildman–Crippen LogP) is 1.59. The van der Waals surface area contributed by atoms with Gasteiger partial charge in [0.25, 0.3) is 0 Å². The second kappa shape index (κ2) is 13.9. The molecule has 6 rings (SSSR count). The number of carboxylic acid groups (broad SMARTS) is 2. The molecule has 2 aromatic carbocycles. The van der Waals surface area contributed by atoms with E-state index in [9.17, 15) is 39.0 Å². The molecule has 276 valence electrons. The van der Waals surface area contributed by atoms with E-state index in [4.69, 9.17) is 33.5 Å². The molecule has 3 N–H and O–H groups in total. The van der Waals surface area contributed by atoms with Gasteiger partial charge in [-0.1, -0.05) is 36.4 Å². The summed E-state index contributed by atoms with van der Waals surface area (Å²) in [6.45, 7) is 1.61. The standard InChI is InChI=1S/C36H37NO15/c1-18(38)48-24(33(44)52-29(19-7-5-4-6-8-19)34(45)50-23(32(42)43)16-26(39)40)17-27(41)49-22-11-12-36(46)25-15-20-9-10-21(47-3)30-28(20)35(36,31(22)51-30)13-14-37(25)2/h4-11,23-25,29,31,46H,12-17H2,1-3H3,(H,39,40)(H,42,43)/t23-,24+,25-,29+,31+,35+,36-/m1/s1. The molecule has 0 aromatic heterocycles. The molecular weight excluding hydrogens is 686 g/mol. The molecule has 2 aromatic rings. The Morgan fingerprint density at radius 3 is 2.35 bits per heavy atom. The van der Waals surface area contributed by atoms with Crippen LogP contribution in [0.25, 0.3) is 0 Å². The molecule has 1 fully saturated rings. The second-order valence-electron chi connectivity index (χ2n) is 13.2. The first-order valence-corrected chi connectivity index (χ1v) is 16.5. The lowest BCUT2D eigenvalue weighted by Crippen LogP contribution is -2.74. The Labute approximate surface area is 296 Å². The van der Waals surface area contributed by atoms with Gasteiger partial charge in [0.2, 0.25) is 18.3 Å². The van der Waals surface area contributed by atoms with Crippen molar-refractivity contribution in [1.82, 2.24) is 4.90 Å². The molecular formula is C36H37NO15. The lowest BCUT2D eigenvalue weighted by atomic mass is 9.50. The summed E-state index contributed by atoms with van der Waals surface area (Å²) in [7, 11) is 3.45. The number of carbonyl (C=O) groups excluding carboxylic acids is 4. The Morgan fingerprint density at radius 2 is 1.69 bits per heavy atom. The number of methoxy groups -OCH3 is 1. The van der Waals surface area contributed by atoms with Gasteiger partial charge in [-0.25, -0.2) is 14.4 Å². The van der Waals surface area contributed by atoms with Crippen LogP contribution in [0, 0.1) is 0 Å². The van der Waals surface area contributed by atoms with E-state index in [2.05, 4.69) is 4.90 Å². The zero-order valence-corrected chi connectivity index (χ0v) is 28.4. The lowest BCUT2D eigenvalue weighted by Gasteiger charge is -2.61. The molecule has 2 aliphatic carbocycles. The molecule has 1 saturated heterocycles. The first-order chi connectivity index (χ1) is 24.7. The molecule has 16 nitrogen and oxygen atoms in total. The average molecular weight is 724 g/mol. The minimum absolute atomic E-state index is 0.0141. The van der Waals surface area contributed by atoms with E-state index in [1.807, 2.05) is 13.1 Å². The third-order valence-corrected chi connectivity index (χ3v) is 10.2. The summed E-state index contributed by atoms with van der Waals surface area (Å²) in [6.07, 6.45) is -6.14. The van der Waals surface area contributed by atoms with Gasteiger partial charge in [-0.2, -0.15) is 0 Å². The minimum atomic E-state index is -2.11. The molecule has 2 heterocycles. The number of rotatable bonds is 13. The SMILES string of the molecule is COc1ccc2c3c1O[C@H]1C(OC(=O)C[C@H](OC(C)=O)C(=O)O[C@H](C(=O)O[C@H](CC(=O)O)C(=O)O)c4ccccc4)=CC[C@@]4(O)[C@@H](C2)N(C)CC[C@]314. The van der Waals surface area contributed by atoms with Crippen LogP contribution in [0.1, 0.15) is 55.4 Å². The number of piperidine rings is 1. The number of esters is 4. The van der Waals surface area contributed by atoms with Crippen LogP contribution in [-0.4, -0.2) is 107 Å². The average Bonchev–Trinajstić information content (AvgIpc) is 3.45. The van der Waals surface area contributed by atoms with Gasteiger partial charge in [0.1, 0.15) is 5.76 Å². The largest absolute Gasteiger partial charge is 0.493 e. The monoisotopic (exact) mass is 723 g/mol. The normalized spacial score (nSPS) is 25.5. The number of aliphatic hydroxyl groups is 1. The summed E-state index contributed by atoms with van der Waals surface area (Å²) in [5.74, 6) is -7.14. The molecule has 0 radical (unpaired) electrons. The maximum absolute atomic E-state index is 13.5. The summed E-state index contributed by atoms with van der Waals surface area (Å²) >= 11 is 0. The van der Waals surface area contributed by atoms with Crippen LogP contribution in [0.3, 0.4) is 0 Å². The van der Waals surface area contributed by atoms with Crippen molar-refractivity contribution in [2.75, 3.05) is 20.7 Å². The van der Waals surface area contributed by atoms with Crippen molar-refractivity contribution in [1.29, 1.82) is 0 Å². The van der Waals surface area contributed by atoms with E-state index < -0.39 is 84.1 Å². The molecule has 0 saturated carbocycles. The van der Waals surface area contributed by atoms with Crippen molar-refractivity contribution in [3.63, 3.8) is 0 Å². The number of hydrogen-bond donors (Lipinski definition) is 3. The second-order valence-corrected chi connectivity index (χ2v) is 13.2. The summed E-state index contributed by atoms with van der Waals surface area (Å²) in [4.78, 5) is 77.0. The molecule has 1 spiro atoms. The predicted molar refractivity (Wildman–Crippen MR) is 173 cm³/mol. The molecule has 2 bridgehead atoms. The quantitative estimate of drug-likeness (QED) is 0.197. The minimum Gasteiger partial charge on any atom is -0.493 e. The zero-order chi connectivity index (χ0) is 37.5. The van der Waals surface area contributed by atoms with Gasteiger partial charge in [-0.15, -0.1) is 0 Å². The van der Waals surface area contributed by atoms with Gasteiger partial charge in [-0.3, -0.25) is 14.4 Å². The molecule has 2 aliphatic heterocycles. The fourth-order valence-corrected chi connectivity index (χ4v) is 7.90. The van der Waals surface area contributed by atoms with Gasteiger partial charge in [-0.05, 0) is 44.1 Å². The Hall–Kier alpha value is -5.48. The van der Waals surface area contributed by atoms with Crippen molar-refractivity contribution in [3.05, 3.63) is 71.0 Å². The number of carboxylic acids is 2. The van der Waals surface area contributed by atoms with Crippen LogP contribution in [0.4, 0.5) is 0 Å². The van der Waals surface area contributed by atoms with Gasteiger partial charge >= 0.3 is 35.8 Å². The summed E-state index contributed by atoms with van der Waals surface area (Å²) in [5, 5.41) is 30.8. The van der Waals surface area contributed by atoms with E-state index in [1.165, 1.54) is 31.4 Å². The highest BCUT2D eigenvalue weighted by Crippen LogP contribution is 2.65. The van der Waals surface area contributed by atoms with Gasteiger partial charge in [0.05, 0.1) is 31.0 Å². The van der Waals surface area contributed by atoms with Crippen molar-refractivity contribution in [3.8, 4) is 11.5 Å². The van der Waals surface area contributed by atoms with Crippen LogP contribution < -0.4 is 9.47 Å². The highest BCUT2D eigenvalue weighted by atomic mass is 16.6. The smallest absolute Gasteiger partial charge is 0.353 e. The molecule has 16 heteroatoms. The topological polar surface area (TPSA) is 222 Å². The third-order valence-electron chi connectivity index (χ3n) is 10.2. The fraction of sp³-hybridized carbons (Fsp3) is 0.444. The van der Waals surface area contributed by atoms with Crippen LogP contribution in [0.2, 0.25) is 0 Å². The molecule has 7 atom stereocenters. The molecule has 52 heavy (non-hydrogen) atoms. The third kappa shape index (κ3) is 6.21. The van der Waals surface area contributed by atoms with E-state index in [-0.39, 0.29) is 23.8 Å². The van der Waals surface area contributed by atoms with Crippen molar-refractivity contribution >= 4 is 35.8 Å². The Bertz CT molecular complexity index is 1840. The number of ether oxygens (including phenoxy) is 6. The van der Waals surface area contributed by atoms with Crippen LogP contribution in [0.15, 0.2) is 54.3 Å². The lowest BCUT2D eigenvalue weighted by molar-refractivity contribution is -0.186. The van der Waals surface area contributed by atoms with E-state index >= 15 is 0 Å². The fourth-order valence-electron chi connectivity index (χ4n) is 7.90. The Kier molecular flexibility index (Phi) is 9.72. The first kappa shape index (κ1) is 36.3. The highest BCUT2D eigenvalue weighted by Gasteiger charge is 2.72. The van der Waals surface area contributed by atoms with Crippen LogP contribution in [-0.2, 0) is 59.6 Å². The van der Waals surface area contributed by atoms with Crippen molar-refractivity contribution < 1.29 is 72.5 Å². The Morgan fingerprint density at radius 1 is 0.962 bits per heavy atom. The number of benzene rings is 2. The number of likely N-dealkylation sites (N-methyl/N-ethyl adjacent to an activating group) is 1. The molecule has 4 aliphatic rings. The van der Waals surface area contributed by atoms with E-state index in [1.54, 1.807) is 18.2 Å². The zero-order valence-electron chi connectivity index (χ0n) is 28.4. The molecule has 0 unspecified atom stereocenters. The first-order valence-electron chi connectivity index (χ1n) is 16.5. The molecule has 0 amide bonds. The van der Waals surface area contributed by atoms with Crippen molar-refractivity contribution in [2.45, 2.75) is 80.5 Å². The number of carbonyl (C=O) groups is 6. The maximum atomic E-state index is 13.5. The number of hydrogen-bond acceptors (Lipinski definition) is 14. The van der Waals surface area contributed by atoms with Crippen LogP contribution in [0.5, 0.6) is 11.5 Å². The van der Waals surface area contributed by atoms with E-state index in [0.717, 1.165) is 18.1 Å². The van der Waals surface area contributed by atoms with E-state index in [0.29, 0.717) is 30.9 Å². The summed E-state index contributed by atoms with van der Waals surface area (Å²) in [6, 6.07) is 10.7. The van der Waals surface area contributed by atoms with Gasteiger partial charge < -0.3 is 48.6 Å². The Balaban J connectivity index is 1.24. The summed E-state index contributed by atoms with van der Waals surface area (Å²) in [5.41, 5.74) is -0.466. The van der Waals surface area contributed by atoms with Gasteiger partial charge in [0.15, 0.2) is 17.6 Å². The van der Waals surface area contributed by atoms with Crippen LogP contribution >= 0.6 is 0 Å². The number of likely N-dealkylation sites (tertiary alicyclic amines) is 1. The number of nitrogens with zero attached hydrogens (tertiary/aromatic N) is 1. The van der Waals surface area contributed by atoms with Crippen molar-refractivity contribution in [2.24, 2.45) is 0 Å². The van der Waals surface area contributed by atoms with Gasteiger partial charge in [0, 0.05) is 30.5 Å². The highest BCUT2D eigenvalue weighted by molar-refractivity contribution is 5.88. The maximum Gasteiger partial charge on any atom is 0.353 e. The number of aliphatic carboxylic acids is 2. The summed E-state index contributed by atoms with van der Waals surface area (Å²) < 4.78 is 33.2.